The molecule has 0 aliphatic rings. The molecule has 0 spiro atoms. The van der Waals surface area contributed by atoms with Crippen molar-refractivity contribution in [2.75, 3.05) is 0 Å². The predicted molar refractivity (Wildman–Crippen MR) is 125 cm³/mol. The number of benzene rings is 2. The first-order valence-corrected chi connectivity index (χ1v) is 21.0. The second kappa shape index (κ2) is 8.28. The van der Waals surface area contributed by atoms with E-state index in [0.717, 1.165) is 0 Å². The van der Waals surface area contributed by atoms with Crippen molar-refractivity contribution in [3.8, 4) is 0 Å². The van der Waals surface area contributed by atoms with Gasteiger partial charge in [-0.25, -0.2) is 0 Å². The van der Waals surface area contributed by atoms with Gasteiger partial charge in [-0.05, 0) is 62.7 Å². The molecule has 0 heterocycles. The van der Waals surface area contributed by atoms with Crippen LogP contribution in [0.1, 0.15) is 0 Å². The lowest BCUT2D eigenvalue weighted by Gasteiger charge is -2.41. The Morgan fingerprint density at radius 2 is 0.741 bits per heavy atom. The fourth-order valence-electron chi connectivity index (χ4n) is 3.66. The van der Waals surface area contributed by atoms with Gasteiger partial charge < -0.3 is 12.3 Å². The third kappa shape index (κ3) is 6.63. The summed E-state index contributed by atoms with van der Waals surface area (Å²) in [4.78, 5) is 0. The summed E-state index contributed by atoms with van der Waals surface area (Å²) in [5, 5.41) is 2.60. The Balaban J connectivity index is 2.11. The molecule has 0 radical (unpaired) electrons. The molecule has 0 aliphatic heterocycles. The largest absolute Gasteiger partial charge is 0.433 e. The highest BCUT2D eigenvalue weighted by Gasteiger charge is 2.44. The smallest absolute Gasteiger partial charge is 0.312 e. The SMILES string of the molecule is C[Si](C)(O[Si](C)(C)O[Si](C)(C)c1ccccc1)O[Si](C)(C)c1ccccc1. The van der Waals surface area contributed by atoms with E-state index in [-0.39, 0.29) is 0 Å². The van der Waals surface area contributed by atoms with Crippen molar-refractivity contribution >= 4 is 44.1 Å². The minimum absolute atomic E-state index is 1.30. The van der Waals surface area contributed by atoms with Gasteiger partial charge in [0.25, 0.3) is 0 Å². The van der Waals surface area contributed by atoms with Crippen molar-refractivity contribution in [2.45, 2.75) is 52.4 Å². The Bertz CT molecular complexity index is 668. The molecule has 0 atom stereocenters. The van der Waals surface area contributed by atoms with E-state index in [1.54, 1.807) is 0 Å². The molecule has 7 heteroatoms. The van der Waals surface area contributed by atoms with Gasteiger partial charge in [-0.1, -0.05) is 60.7 Å². The molecule has 0 bridgehead atoms. The monoisotopic (exact) mass is 434 g/mol. The topological polar surface area (TPSA) is 27.7 Å². The van der Waals surface area contributed by atoms with E-state index in [4.69, 9.17) is 12.3 Å². The maximum atomic E-state index is 6.69. The van der Waals surface area contributed by atoms with E-state index in [1.165, 1.54) is 10.4 Å². The Morgan fingerprint density at radius 3 is 1.04 bits per heavy atom. The summed E-state index contributed by atoms with van der Waals surface area (Å²) in [6.07, 6.45) is 0. The molecule has 2 aromatic rings. The third-order valence-corrected chi connectivity index (χ3v) is 19.8. The van der Waals surface area contributed by atoms with Gasteiger partial charge >= 0.3 is 17.1 Å². The number of hydrogen-bond donors (Lipinski definition) is 0. The van der Waals surface area contributed by atoms with Gasteiger partial charge in [0.2, 0.25) is 16.6 Å². The highest BCUT2D eigenvalue weighted by Crippen LogP contribution is 2.24. The summed E-state index contributed by atoms with van der Waals surface area (Å²) in [7, 11) is -8.72. The minimum atomic E-state index is -2.34. The van der Waals surface area contributed by atoms with Crippen molar-refractivity contribution in [3.05, 3.63) is 60.7 Å². The van der Waals surface area contributed by atoms with Crippen LogP contribution in [0, 0.1) is 0 Å². The lowest BCUT2D eigenvalue weighted by molar-refractivity contribution is 0.334. The normalized spacial score (nSPS) is 13.6. The van der Waals surface area contributed by atoms with Crippen LogP contribution in [0.15, 0.2) is 60.7 Å². The van der Waals surface area contributed by atoms with E-state index in [0.29, 0.717) is 0 Å². The lowest BCUT2D eigenvalue weighted by atomic mass is 10.4. The standard InChI is InChI=1S/C20H34O3Si4/c1-24(2,19-15-11-9-12-16-19)21-26(5,6)23-27(7,8)22-25(3,4)20-17-13-10-14-18-20/h9-18H,1-8H3. The van der Waals surface area contributed by atoms with E-state index < -0.39 is 33.8 Å². The maximum absolute atomic E-state index is 6.69. The van der Waals surface area contributed by atoms with E-state index in [1.807, 2.05) is 12.1 Å². The first kappa shape index (κ1) is 22.5. The van der Waals surface area contributed by atoms with Gasteiger partial charge in [-0.2, -0.15) is 0 Å². The molecule has 27 heavy (non-hydrogen) atoms. The van der Waals surface area contributed by atoms with Gasteiger partial charge in [-0.3, -0.25) is 0 Å². The van der Waals surface area contributed by atoms with E-state index >= 15 is 0 Å². The van der Waals surface area contributed by atoms with Crippen LogP contribution in [0.5, 0.6) is 0 Å². The Morgan fingerprint density at radius 1 is 0.444 bits per heavy atom. The first-order chi connectivity index (χ1) is 12.3. The van der Waals surface area contributed by atoms with Crippen LogP contribution < -0.4 is 10.4 Å². The molecule has 0 saturated heterocycles. The van der Waals surface area contributed by atoms with Crippen LogP contribution in [0.3, 0.4) is 0 Å². The predicted octanol–water partition coefficient (Wildman–Crippen LogP) is 4.66. The molecule has 0 aromatic heterocycles. The summed E-state index contributed by atoms with van der Waals surface area (Å²) in [5.74, 6) is 0. The average molecular weight is 435 g/mol. The zero-order chi connectivity index (χ0) is 20.3. The molecular weight excluding hydrogens is 401 g/mol. The molecule has 148 valence electrons. The van der Waals surface area contributed by atoms with Crippen LogP contribution in [0.2, 0.25) is 52.4 Å². The molecule has 0 fully saturated rings. The van der Waals surface area contributed by atoms with E-state index in [9.17, 15) is 0 Å². The summed E-state index contributed by atoms with van der Waals surface area (Å²) in [6.45, 7) is 17.6. The van der Waals surface area contributed by atoms with Crippen LogP contribution in [0.4, 0.5) is 0 Å². The quantitative estimate of drug-likeness (QED) is 0.565. The molecule has 2 aromatic carbocycles. The Hall–Kier alpha value is -0.812. The third-order valence-electron chi connectivity index (χ3n) is 4.43. The lowest BCUT2D eigenvalue weighted by Crippen LogP contribution is -2.60. The van der Waals surface area contributed by atoms with Crippen LogP contribution >= 0.6 is 0 Å². The molecular formula is C20H34O3Si4. The Labute approximate surface area is 169 Å². The van der Waals surface area contributed by atoms with Crippen LogP contribution in [0.25, 0.3) is 0 Å². The van der Waals surface area contributed by atoms with E-state index in [2.05, 4.69) is 101 Å². The molecule has 2 rings (SSSR count). The van der Waals surface area contributed by atoms with Crippen LogP contribution in [-0.4, -0.2) is 33.8 Å². The van der Waals surface area contributed by atoms with Crippen molar-refractivity contribution in [1.29, 1.82) is 0 Å². The van der Waals surface area contributed by atoms with Crippen molar-refractivity contribution < 1.29 is 12.3 Å². The highest BCUT2D eigenvalue weighted by molar-refractivity contribution is 6.95. The summed E-state index contributed by atoms with van der Waals surface area (Å²) in [6, 6.07) is 21.1. The number of rotatable bonds is 8. The zero-order valence-electron chi connectivity index (χ0n) is 18.0. The summed E-state index contributed by atoms with van der Waals surface area (Å²) < 4.78 is 20.0. The second-order valence-electron chi connectivity index (χ2n) is 8.86. The van der Waals surface area contributed by atoms with Crippen molar-refractivity contribution in [3.63, 3.8) is 0 Å². The average Bonchev–Trinajstić information content (AvgIpc) is 2.53. The van der Waals surface area contributed by atoms with Crippen LogP contribution in [-0.2, 0) is 12.3 Å². The molecule has 0 N–H and O–H groups in total. The summed E-state index contributed by atoms with van der Waals surface area (Å²) in [5.41, 5.74) is 0. The Kier molecular flexibility index (Phi) is 6.89. The van der Waals surface area contributed by atoms with Gasteiger partial charge in [0.15, 0.2) is 0 Å². The summed E-state index contributed by atoms with van der Waals surface area (Å²) >= 11 is 0. The van der Waals surface area contributed by atoms with Crippen molar-refractivity contribution in [2.24, 2.45) is 0 Å². The minimum Gasteiger partial charge on any atom is -0.433 e. The van der Waals surface area contributed by atoms with Gasteiger partial charge in [0.1, 0.15) is 0 Å². The number of hydrogen-bond acceptors (Lipinski definition) is 3. The second-order valence-corrected chi connectivity index (χ2v) is 24.1. The molecule has 0 saturated carbocycles. The van der Waals surface area contributed by atoms with Gasteiger partial charge in [-0.15, -0.1) is 0 Å². The van der Waals surface area contributed by atoms with Gasteiger partial charge in [0.05, 0.1) is 0 Å². The molecule has 0 unspecified atom stereocenters. The first-order valence-electron chi connectivity index (χ1n) is 9.55. The molecule has 0 amide bonds. The van der Waals surface area contributed by atoms with Crippen molar-refractivity contribution in [1.82, 2.24) is 0 Å². The molecule has 0 aliphatic carbocycles. The fraction of sp³-hybridized carbons (Fsp3) is 0.400. The maximum Gasteiger partial charge on any atom is 0.312 e. The fourth-order valence-corrected chi connectivity index (χ4v) is 22.2. The highest BCUT2D eigenvalue weighted by atomic mass is 28.5. The zero-order valence-corrected chi connectivity index (χ0v) is 22.0. The molecule has 3 nitrogen and oxygen atoms in total. The van der Waals surface area contributed by atoms with Gasteiger partial charge in [0, 0.05) is 0 Å².